The van der Waals surface area contributed by atoms with Crippen molar-refractivity contribution in [3.63, 3.8) is 0 Å². The summed E-state index contributed by atoms with van der Waals surface area (Å²) >= 11 is 0. The van der Waals surface area contributed by atoms with E-state index in [4.69, 9.17) is 4.74 Å². The highest BCUT2D eigenvalue weighted by molar-refractivity contribution is 5.97. The van der Waals surface area contributed by atoms with Crippen LogP contribution in [-0.4, -0.2) is 4.57 Å². The first-order valence-corrected chi connectivity index (χ1v) is 12.5. The Bertz CT molecular complexity index is 1560. The molecule has 0 fully saturated rings. The fourth-order valence-corrected chi connectivity index (χ4v) is 5.18. The second kappa shape index (κ2) is 8.95. The van der Waals surface area contributed by atoms with Crippen LogP contribution in [-0.2, 0) is 6.54 Å². The molecule has 0 atom stereocenters. The van der Waals surface area contributed by atoms with Crippen LogP contribution < -0.4 is 15.1 Å². The van der Waals surface area contributed by atoms with Crippen LogP contribution in [0.5, 0.6) is 11.5 Å². The average Bonchev–Trinajstić information content (AvgIpc) is 2.91. The summed E-state index contributed by atoms with van der Waals surface area (Å²) in [6.07, 6.45) is 4.73. The van der Waals surface area contributed by atoms with Crippen molar-refractivity contribution in [2.45, 2.75) is 39.2 Å². The van der Waals surface area contributed by atoms with E-state index in [0.29, 0.717) is 0 Å². The van der Waals surface area contributed by atoms with Crippen LogP contribution >= 0.6 is 0 Å². The van der Waals surface area contributed by atoms with Gasteiger partial charge in [0.1, 0.15) is 0 Å². The molecule has 1 aromatic heterocycles. The molecule has 4 aromatic carbocycles. The molecule has 2 heterocycles. The fourth-order valence-electron chi connectivity index (χ4n) is 5.18. The van der Waals surface area contributed by atoms with Crippen LogP contribution in [0.25, 0.3) is 21.8 Å². The number of pyridine rings is 1. The highest BCUT2D eigenvalue weighted by atomic mass is 16.5. The minimum Gasteiger partial charge on any atom is -0.453 e. The first-order valence-electron chi connectivity index (χ1n) is 12.5. The lowest BCUT2D eigenvalue weighted by molar-refractivity contribution is 0.477. The van der Waals surface area contributed by atoms with Gasteiger partial charge in [-0.3, -0.25) is 4.79 Å². The van der Waals surface area contributed by atoms with Crippen molar-refractivity contribution >= 4 is 38.9 Å². The van der Waals surface area contributed by atoms with Crippen LogP contribution in [0.3, 0.4) is 0 Å². The molecule has 0 saturated heterocycles. The summed E-state index contributed by atoms with van der Waals surface area (Å²) < 4.78 is 8.50. The number of aromatic nitrogens is 1. The van der Waals surface area contributed by atoms with Crippen molar-refractivity contribution < 1.29 is 4.74 Å². The maximum absolute atomic E-state index is 13.7. The van der Waals surface area contributed by atoms with Gasteiger partial charge in [0.25, 0.3) is 0 Å². The van der Waals surface area contributed by atoms with E-state index in [-0.39, 0.29) is 5.43 Å². The number of hydrogen-bond acceptors (Lipinski definition) is 3. The van der Waals surface area contributed by atoms with E-state index in [0.717, 1.165) is 63.3 Å². The van der Waals surface area contributed by atoms with Crippen LogP contribution in [0.4, 0.5) is 17.1 Å². The summed E-state index contributed by atoms with van der Waals surface area (Å²) in [5, 5.41) is 1.52. The molecule has 0 amide bonds. The number of ether oxygens (including phenoxy) is 1. The number of unbranched alkanes of at least 4 members (excludes halogenated alkanes) is 3. The van der Waals surface area contributed by atoms with E-state index < -0.39 is 0 Å². The van der Waals surface area contributed by atoms with Gasteiger partial charge >= 0.3 is 0 Å². The normalized spacial score (nSPS) is 12.4. The Balaban J connectivity index is 1.55. The zero-order valence-corrected chi connectivity index (χ0v) is 19.9. The molecule has 5 aromatic rings. The number of para-hydroxylation sites is 5. The zero-order valence-electron chi connectivity index (χ0n) is 19.9. The molecule has 4 nitrogen and oxygen atoms in total. The summed E-state index contributed by atoms with van der Waals surface area (Å²) in [5.41, 5.74) is 4.96. The van der Waals surface area contributed by atoms with Crippen LogP contribution in [0.2, 0.25) is 0 Å². The van der Waals surface area contributed by atoms with Gasteiger partial charge in [0.2, 0.25) is 0 Å². The number of nitrogens with zero attached hydrogens (tertiary/aromatic N) is 2. The molecule has 6 rings (SSSR count). The summed E-state index contributed by atoms with van der Waals surface area (Å²) in [4.78, 5) is 15.9. The quantitative estimate of drug-likeness (QED) is 0.185. The molecule has 0 radical (unpaired) electrons. The van der Waals surface area contributed by atoms with Gasteiger partial charge in [-0.25, -0.2) is 0 Å². The molecule has 174 valence electrons. The Hall–Kier alpha value is -4.05. The molecule has 0 saturated carbocycles. The third-order valence-electron chi connectivity index (χ3n) is 6.88. The number of fused-ring (bicyclic) bond motifs is 4. The highest BCUT2D eigenvalue weighted by Gasteiger charge is 2.25. The van der Waals surface area contributed by atoms with E-state index in [1.807, 2.05) is 60.7 Å². The second-order valence-electron chi connectivity index (χ2n) is 9.13. The van der Waals surface area contributed by atoms with Gasteiger partial charge in [-0.15, -0.1) is 0 Å². The van der Waals surface area contributed by atoms with Crippen LogP contribution in [0.1, 0.15) is 32.6 Å². The number of benzene rings is 4. The molecule has 0 bridgehead atoms. The Kier molecular flexibility index (Phi) is 5.49. The minimum atomic E-state index is 0.0806. The minimum absolute atomic E-state index is 0.0806. The fraction of sp³-hybridized carbons (Fsp3) is 0.194. The Morgan fingerprint density at radius 3 is 2.09 bits per heavy atom. The van der Waals surface area contributed by atoms with Crippen molar-refractivity contribution in [3.05, 3.63) is 101 Å². The largest absolute Gasteiger partial charge is 0.453 e. The maximum atomic E-state index is 13.7. The van der Waals surface area contributed by atoms with Crippen molar-refractivity contribution in [1.82, 2.24) is 4.57 Å². The molecular formula is C31H28N2O2. The van der Waals surface area contributed by atoms with Gasteiger partial charge in [0.05, 0.1) is 22.4 Å². The van der Waals surface area contributed by atoms with Gasteiger partial charge in [-0.1, -0.05) is 62.6 Å². The second-order valence-corrected chi connectivity index (χ2v) is 9.13. The molecule has 0 aliphatic carbocycles. The van der Waals surface area contributed by atoms with Crippen molar-refractivity contribution in [2.24, 2.45) is 0 Å². The number of aryl methyl sites for hydroxylation is 1. The molecule has 4 heteroatoms. The van der Waals surface area contributed by atoms with Crippen molar-refractivity contribution in [3.8, 4) is 11.5 Å². The van der Waals surface area contributed by atoms with E-state index in [2.05, 4.69) is 46.7 Å². The van der Waals surface area contributed by atoms with E-state index in [1.165, 1.54) is 19.3 Å². The van der Waals surface area contributed by atoms with Gasteiger partial charge in [0, 0.05) is 23.0 Å². The summed E-state index contributed by atoms with van der Waals surface area (Å²) in [5.74, 6) is 1.61. The standard InChI is InChI=1S/C31H28N2O2/c1-2-3-4-11-20-32-25-13-6-5-12-23(25)31(34)24-21-22(18-19-26(24)32)33-27-14-7-9-16-29(27)35-30-17-10-8-15-28(30)33/h5-10,12-19,21H,2-4,11,20H2,1H3. The average molecular weight is 461 g/mol. The molecule has 1 aliphatic rings. The monoisotopic (exact) mass is 460 g/mol. The molecule has 1 aliphatic heterocycles. The number of anilines is 3. The zero-order chi connectivity index (χ0) is 23.8. The van der Waals surface area contributed by atoms with Crippen molar-refractivity contribution in [1.29, 1.82) is 0 Å². The van der Waals surface area contributed by atoms with E-state index in [9.17, 15) is 4.79 Å². The summed E-state index contributed by atoms with van der Waals surface area (Å²) in [6.45, 7) is 3.13. The molecular weight excluding hydrogens is 432 g/mol. The van der Waals surface area contributed by atoms with E-state index in [1.54, 1.807) is 0 Å². The Labute approximate surface area is 205 Å². The lowest BCUT2D eigenvalue weighted by Crippen LogP contribution is -2.17. The van der Waals surface area contributed by atoms with Crippen LogP contribution in [0, 0.1) is 0 Å². The van der Waals surface area contributed by atoms with E-state index >= 15 is 0 Å². The predicted molar refractivity (Wildman–Crippen MR) is 145 cm³/mol. The number of hydrogen-bond donors (Lipinski definition) is 0. The molecule has 0 N–H and O–H groups in total. The van der Waals surface area contributed by atoms with Gasteiger partial charge in [-0.2, -0.15) is 0 Å². The molecule has 0 spiro atoms. The maximum Gasteiger partial charge on any atom is 0.197 e. The predicted octanol–water partition coefficient (Wildman–Crippen LogP) is 8.31. The topological polar surface area (TPSA) is 34.5 Å². The molecule has 0 unspecified atom stereocenters. The van der Waals surface area contributed by atoms with Gasteiger partial charge in [-0.05, 0) is 61.0 Å². The number of rotatable bonds is 6. The molecule has 35 heavy (non-hydrogen) atoms. The van der Waals surface area contributed by atoms with Crippen LogP contribution in [0.15, 0.2) is 95.8 Å². The van der Waals surface area contributed by atoms with Gasteiger partial charge in [0.15, 0.2) is 16.9 Å². The lowest BCUT2D eigenvalue weighted by atomic mass is 10.1. The highest BCUT2D eigenvalue weighted by Crippen LogP contribution is 2.50. The van der Waals surface area contributed by atoms with Crippen molar-refractivity contribution in [2.75, 3.05) is 4.90 Å². The lowest BCUT2D eigenvalue weighted by Gasteiger charge is -2.33. The van der Waals surface area contributed by atoms with Gasteiger partial charge < -0.3 is 14.2 Å². The summed E-state index contributed by atoms with van der Waals surface area (Å²) in [6, 6.07) is 30.3. The third kappa shape index (κ3) is 3.66. The Morgan fingerprint density at radius 2 is 1.34 bits per heavy atom. The SMILES string of the molecule is CCCCCCn1c2ccccc2c(=O)c2cc(N3c4ccccc4Oc4ccccc43)ccc21. The third-order valence-corrected chi connectivity index (χ3v) is 6.88. The summed E-state index contributed by atoms with van der Waals surface area (Å²) in [7, 11) is 0. The first-order chi connectivity index (χ1) is 17.3. The Morgan fingerprint density at radius 1 is 0.686 bits per heavy atom. The smallest absolute Gasteiger partial charge is 0.197 e. The first kappa shape index (κ1) is 21.5.